The molecule has 0 amide bonds. The molecule has 1 aromatic heterocycles. The van der Waals surface area contributed by atoms with Gasteiger partial charge >= 0.3 is 0 Å². The van der Waals surface area contributed by atoms with Gasteiger partial charge in [-0.2, -0.15) is 5.10 Å². The number of nitrogens with two attached hydrogens (primary N) is 1. The summed E-state index contributed by atoms with van der Waals surface area (Å²) in [4.78, 5) is 4.42. The van der Waals surface area contributed by atoms with Crippen LogP contribution in [0, 0.1) is 0 Å². The molecule has 0 aliphatic heterocycles. The van der Waals surface area contributed by atoms with Gasteiger partial charge in [0.05, 0.1) is 0 Å². The summed E-state index contributed by atoms with van der Waals surface area (Å²) >= 11 is 0. The van der Waals surface area contributed by atoms with E-state index in [1.54, 1.807) is 0 Å². The lowest BCUT2D eigenvalue weighted by atomic mass is 10.1. The number of hydrogen-bond donors (Lipinski definition) is 2. The predicted octanol–water partition coefficient (Wildman–Crippen LogP) is 1.93. The average molecular weight is 216 g/mol. The minimum absolute atomic E-state index is 0.775. The van der Waals surface area contributed by atoms with Crippen molar-refractivity contribution in [2.24, 2.45) is 0 Å². The van der Waals surface area contributed by atoms with Gasteiger partial charge in [0.25, 0.3) is 0 Å². The minimum Gasteiger partial charge on any atom is -0.399 e. The fourth-order valence-electron chi connectivity index (χ4n) is 1.58. The zero-order valence-electron chi connectivity index (χ0n) is 9.40. The standard InChI is InChI=1S/C12H16N4/c1-2-3-11-14-12(16-15-11)8-9-4-6-10(13)7-5-9/h4-7H,2-3,8,13H2,1H3,(H,14,15,16). The van der Waals surface area contributed by atoms with Crippen molar-refractivity contribution in [1.29, 1.82) is 0 Å². The number of hydrogen-bond acceptors (Lipinski definition) is 3. The third-order valence-electron chi connectivity index (χ3n) is 2.40. The van der Waals surface area contributed by atoms with Crippen LogP contribution in [0.2, 0.25) is 0 Å². The number of H-pyrrole nitrogens is 1. The Kier molecular flexibility index (Phi) is 3.19. The summed E-state index contributed by atoms with van der Waals surface area (Å²) in [7, 11) is 0. The summed E-state index contributed by atoms with van der Waals surface area (Å²) in [5, 5.41) is 7.12. The molecule has 0 saturated carbocycles. The van der Waals surface area contributed by atoms with Crippen LogP contribution in [0.15, 0.2) is 24.3 Å². The Labute approximate surface area is 94.9 Å². The summed E-state index contributed by atoms with van der Waals surface area (Å²) in [5.41, 5.74) is 7.60. The van der Waals surface area contributed by atoms with Gasteiger partial charge < -0.3 is 5.73 Å². The van der Waals surface area contributed by atoms with Crippen molar-refractivity contribution >= 4 is 5.69 Å². The molecule has 0 aliphatic carbocycles. The smallest absolute Gasteiger partial charge is 0.150 e. The molecule has 0 aliphatic rings. The molecule has 0 radical (unpaired) electrons. The zero-order chi connectivity index (χ0) is 11.4. The molecule has 0 spiro atoms. The highest BCUT2D eigenvalue weighted by atomic mass is 15.2. The van der Waals surface area contributed by atoms with Crippen LogP contribution in [0.5, 0.6) is 0 Å². The number of anilines is 1. The highest BCUT2D eigenvalue weighted by Crippen LogP contribution is 2.09. The molecule has 16 heavy (non-hydrogen) atoms. The van der Waals surface area contributed by atoms with Crippen LogP contribution in [-0.4, -0.2) is 15.2 Å². The first-order valence-corrected chi connectivity index (χ1v) is 5.52. The molecule has 0 bridgehead atoms. The van der Waals surface area contributed by atoms with Crippen LogP contribution >= 0.6 is 0 Å². The fourth-order valence-corrected chi connectivity index (χ4v) is 1.58. The predicted molar refractivity (Wildman–Crippen MR) is 64.0 cm³/mol. The number of nitrogens with zero attached hydrogens (tertiary/aromatic N) is 2. The maximum absolute atomic E-state index is 5.63. The Balaban J connectivity index is 2.05. The quantitative estimate of drug-likeness (QED) is 0.767. The number of nitrogens with one attached hydrogen (secondary N) is 1. The minimum atomic E-state index is 0.775. The van der Waals surface area contributed by atoms with E-state index in [2.05, 4.69) is 22.1 Å². The van der Waals surface area contributed by atoms with Gasteiger partial charge in [-0.15, -0.1) is 0 Å². The molecule has 0 fully saturated rings. The number of aromatic nitrogens is 3. The van der Waals surface area contributed by atoms with Crippen molar-refractivity contribution < 1.29 is 0 Å². The van der Waals surface area contributed by atoms with E-state index in [1.807, 2.05) is 24.3 Å². The van der Waals surface area contributed by atoms with Gasteiger partial charge in [-0.25, -0.2) is 4.98 Å². The van der Waals surface area contributed by atoms with E-state index in [0.717, 1.165) is 36.6 Å². The first kappa shape index (κ1) is 10.7. The summed E-state index contributed by atoms with van der Waals surface area (Å²) in [6, 6.07) is 7.83. The summed E-state index contributed by atoms with van der Waals surface area (Å²) in [6.07, 6.45) is 2.77. The van der Waals surface area contributed by atoms with Gasteiger partial charge in [-0.3, -0.25) is 5.10 Å². The van der Waals surface area contributed by atoms with Crippen LogP contribution in [0.1, 0.15) is 30.6 Å². The van der Waals surface area contributed by atoms with Crippen LogP contribution in [0.25, 0.3) is 0 Å². The second-order valence-electron chi connectivity index (χ2n) is 3.87. The van der Waals surface area contributed by atoms with E-state index in [4.69, 9.17) is 5.73 Å². The topological polar surface area (TPSA) is 67.6 Å². The second kappa shape index (κ2) is 4.79. The number of aryl methyl sites for hydroxylation is 1. The van der Waals surface area contributed by atoms with Crippen molar-refractivity contribution in [3.8, 4) is 0 Å². The Morgan fingerprint density at radius 2 is 2.00 bits per heavy atom. The van der Waals surface area contributed by atoms with Crippen LogP contribution in [0.3, 0.4) is 0 Å². The van der Waals surface area contributed by atoms with E-state index in [9.17, 15) is 0 Å². The zero-order valence-corrected chi connectivity index (χ0v) is 9.40. The van der Waals surface area contributed by atoms with Crippen LogP contribution in [-0.2, 0) is 12.8 Å². The molecule has 4 nitrogen and oxygen atoms in total. The maximum atomic E-state index is 5.63. The summed E-state index contributed by atoms with van der Waals surface area (Å²) in [5.74, 6) is 1.81. The normalized spacial score (nSPS) is 10.6. The third-order valence-corrected chi connectivity index (χ3v) is 2.40. The monoisotopic (exact) mass is 216 g/mol. The average Bonchev–Trinajstić information content (AvgIpc) is 2.70. The Morgan fingerprint density at radius 1 is 1.25 bits per heavy atom. The van der Waals surface area contributed by atoms with E-state index in [0.29, 0.717) is 0 Å². The molecule has 0 saturated heterocycles. The molecule has 1 aromatic carbocycles. The first-order valence-electron chi connectivity index (χ1n) is 5.52. The van der Waals surface area contributed by atoms with Gasteiger partial charge in [-0.1, -0.05) is 19.1 Å². The van der Waals surface area contributed by atoms with Crippen molar-refractivity contribution in [3.63, 3.8) is 0 Å². The Bertz CT molecular complexity index is 444. The molecular weight excluding hydrogens is 200 g/mol. The number of benzene rings is 1. The van der Waals surface area contributed by atoms with Crippen molar-refractivity contribution in [2.75, 3.05) is 5.73 Å². The van der Waals surface area contributed by atoms with Crippen LogP contribution in [0.4, 0.5) is 5.69 Å². The SMILES string of the molecule is CCCc1n[nH]c(Cc2ccc(N)cc2)n1. The van der Waals surface area contributed by atoms with Crippen LogP contribution < -0.4 is 5.73 Å². The fraction of sp³-hybridized carbons (Fsp3) is 0.333. The number of aromatic amines is 1. The lowest BCUT2D eigenvalue weighted by molar-refractivity contribution is 0.841. The number of rotatable bonds is 4. The van der Waals surface area contributed by atoms with Gasteiger partial charge in [-0.05, 0) is 24.1 Å². The molecule has 0 unspecified atom stereocenters. The molecule has 84 valence electrons. The van der Waals surface area contributed by atoms with E-state index in [-0.39, 0.29) is 0 Å². The molecule has 1 heterocycles. The molecule has 2 aromatic rings. The Morgan fingerprint density at radius 3 is 2.69 bits per heavy atom. The molecule has 4 heteroatoms. The molecular formula is C12H16N4. The Hall–Kier alpha value is -1.84. The molecule has 2 rings (SSSR count). The third kappa shape index (κ3) is 2.59. The van der Waals surface area contributed by atoms with Gasteiger partial charge in [0.15, 0.2) is 5.82 Å². The largest absolute Gasteiger partial charge is 0.399 e. The lowest BCUT2D eigenvalue weighted by Crippen LogP contribution is -1.92. The lowest BCUT2D eigenvalue weighted by Gasteiger charge is -1.98. The van der Waals surface area contributed by atoms with Crippen molar-refractivity contribution in [3.05, 3.63) is 41.5 Å². The van der Waals surface area contributed by atoms with Gasteiger partial charge in [0, 0.05) is 18.5 Å². The summed E-state index contributed by atoms with van der Waals surface area (Å²) < 4.78 is 0. The van der Waals surface area contributed by atoms with E-state index >= 15 is 0 Å². The first-order chi connectivity index (χ1) is 7.78. The van der Waals surface area contributed by atoms with Crippen molar-refractivity contribution in [2.45, 2.75) is 26.2 Å². The maximum Gasteiger partial charge on any atom is 0.150 e. The van der Waals surface area contributed by atoms with E-state index < -0.39 is 0 Å². The van der Waals surface area contributed by atoms with Gasteiger partial charge in [0.2, 0.25) is 0 Å². The highest BCUT2D eigenvalue weighted by Gasteiger charge is 2.03. The second-order valence-corrected chi connectivity index (χ2v) is 3.87. The van der Waals surface area contributed by atoms with Gasteiger partial charge in [0.1, 0.15) is 5.82 Å². The number of nitrogen functional groups attached to an aromatic ring is 1. The summed E-state index contributed by atoms with van der Waals surface area (Å²) in [6.45, 7) is 2.12. The molecule has 3 N–H and O–H groups in total. The van der Waals surface area contributed by atoms with Crippen molar-refractivity contribution in [1.82, 2.24) is 15.2 Å². The highest BCUT2D eigenvalue weighted by molar-refractivity contribution is 5.39. The van der Waals surface area contributed by atoms with E-state index in [1.165, 1.54) is 5.56 Å². The molecule has 0 atom stereocenters.